The molecule has 1 aliphatic rings. The lowest BCUT2D eigenvalue weighted by atomic mass is 9.78. The predicted molar refractivity (Wildman–Crippen MR) is 75.0 cm³/mol. The van der Waals surface area contributed by atoms with Gasteiger partial charge in [-0.2, -0.15) is 0 Å². The molecule has 0 bridgehead atoms. The van der Waals surface area contributed by atoms with E-state index in [2.05, 4.69) is 24.5 Å². The maximum absolute atomic E-state index is 11.8. The standard InChI is InChI=1S/C14H28N2O3/c1-10-5-4-6-13(11(10)2)16-14(18)15-8-7-12(17)9-19-3/h10-13,17H,4-9H2,1-3H3,(H2,15,16,18). The van der Waals surface area contributed by atoms with E-state index >= 15 is 0 Å². The SMILES string of the molecule is COCC(O)CCNC(=O)NC1CCCC(C)C1C. The van der Waals surface area contributed by atoms with Crippen LogP contribution in [0.15, 0.2) is 0 Å². The summed E-state index contributed by atoms with van der Waals surface area (Å²) in [6, 6.07) is 0.142. The van der Waals surface area contributed by atoms with Crippen molar-refractivity contribution in [2.45, 2.75) is 51.7 Å². The molecular weight excluding hydrogens is 244 g/mol. The Balaban J connectivity index is 2.20. The molecule has 1 rings (SSSR count). The molecule has 0 heterocycles. The van der Waals surface area contributed by atoms with Crippen LogP contribution in [0, 0.1) is 11.8 Å². The summed E-state index contributed by atoms with van der Waals surface area (Å²) in [6.07, 6.45) is 3.50. The van der Waals surface area contributed by atoms with Gasteiger partial charge in [0.1, 0.15) is 0 Å². The maximum atomic E-state index is 11.8. The molecule has 5 heteroatoms. The monoisotopic (exact) mass is 272 g/mol. The van der Waals surface area contributed by atoms with Crippen molar-refractivity contribution in [3.8, 4) is 0 Å². The first-order valence-electron chi connectivity index (χ1n) is 7.26. The number of hydrogen-bond donors (Lipinski definition) is 3. The molecule has 0 aliphatic heterocycles. The van der Waals surface area contributed by atoms with Gasteiger partial charge in [-0.25, -0.2) is 4.79 Å². The van der Waals surface area contributed by atoms with E-state index < -0.39 is 6.10 Å². The van der Waals surface area contributed by atoms with Gasteiger partial charge in [-0.15, -0.1) is 0 Å². The second-order valence-electron chi connectivity index (χ2n) is 5.67. The molecule has 112 valence electrons. The van der Waals surface area contributed by atoms with Crippen LogP contribution < -0.4 is 10.6 Å². The summed E-state index contributed by atoms with van der Waals surface area (Å²) in [5.74, 6) is 1.20. The molecule has 1 aliphatic carbocycles. The highest BCUT2D eigenvalue weighted by molar-refractivity contribution is 5.74. The Hall–Kier alpha value is -0.810. The van der Waals surface area contributed by atoms with Crippen LogP contribution in [-0.2, 0) is 4.74 Å². The largest absolute Gasteiger partial charge is 0.391 e. The zero-order valence-electron chi connectivity index (χ0n) is 12.3. The Kier molecular flexibility index (Phi) is 7.16. The van der Waals surface area contributed by atoms with Crippen molar-refractivity contribution < 1.29 is 14.6 Å². The van der Waals surface area contributed by atoms with E-state index in [1.54, 1.807) is 7.11 Å². The number of urea groups is 1. The summed E-state index contributed by atoms with van der Waals surface area (Å²) in [5.41, 5.74) is 0. The molecule has 1 saturated carbocycles. The first-order valence-corrected chi connectivity index (χ1v) is 7.26. The van der Waals surface area contributed by atoms with Gasteiger partial charge in [-0.1, -0.05) is 26.7 Å². The quantitative estimate of drug-likeness (QED) is 0.686. The van der Waals surface area contributed by atoms with Gasteiger partial charge in [0.2, 0.25) is 0 Å². The first-order chi connectivity index (χ1) is 9.04. The lowest BCUT2D eigenvalue weighted by Gasteiger charge is -2.34. The third kappa shape index (κ3) is 5.78. The van der Waals surface area contributed by atoms with Gasteiger partial charge in [-0.05, 0) is 24.7 Å². The second-order valence-corrected chi connectivity index (χ2v) is 5.67. The minimum atomic E-state index is -0.515. The molecule has 1 fully saturated rings. The van der Waals surface area contributed by atoms with Crippen LogP contribution in [0.5, 0.6) is 0 Å². The molecule has 0 aromatic heterocycles. The van der Waals surface area contributed by atoms with Gasteiger partial charge >= 0.3 is 6.03 Å². The number of aliphatic hydroxyl groups excluding tert-OH is 1. The topological polar surface area (TPSA) is 70.6 Å². The van der Waals surface area contributed by atoms with Gasteiger partial charge in [-0.3, -0.25) is 0 Å². The van der Waals surface area contributed by atoms with Gasteiger partial charge < -0.3 is 20.5 Å². The molecule has 0 aromatic rings. The number of amides is 2. The summed E-state index contributed by atoms with van der Waals surface area (Å²) < 4.78 is 4.83. The molecule has 2 amide bonds. The summed E-state index contributed by atoms with van der Waals surface area (Å²) >= 11 is 0. The van der Waals surface area contributed by atoms with Crippen LogP contribution in [0.4, 0.5) is 4.79 Å². The van der Waals surface area contributed by atoms with Crippen molar-refractivity contribution >= 4 is 6.03 Å². The van der Waals surface area contributed by atoms with Crippen molar-refractivity contribution in [1.29, 1.82) is 0 Å². The van der Waals surface area contributed by atoms with Gasteiger partial charge in [0.05, 0.1) is 12.7 Å². The third-order valence-corrected chi connectivity index (χ3v) is 4.15. The second kappa shape index (κ2) is 8.38. The molecule has 3 N–H and O–H groups in total. The number of methoxy groups -OCH3 is 1. The Morgan fingerprint density at radius 3 is 2.84 bits per heavy atom. The Labute approximate surface area is 116 Å². The highest BCUT2D eigenvalue weighted by Crippen LogP contribution is 2.29. The number of aliphatic hydroxyl groups is 1. The Morgan fingerprint density at radius 1 is 1.42 bits per heavy atom. The lowest BCUT2D eigenvalue weighted by molar-refractivity contribution is 0.0598. The fourth-order valence-electron chi connectivity index (χ4n) is 2.63. The number of carbonyl (C=O) groups is 1. The zero-order valence-corrected chi connectivity index (χ0v) is 12.3. The Morgan fingerprint density at radius 2 is 2.16 bits per heavy atom. The van der Waals surface area contributed by atoms with E-state index in [1.165, 1.54) is 12.8 Å². The van der Waals surface area contributed by atoms with Crippen LogP contribution in [0.1, 0.15) is 39.5 Å². The number of ether oxygens (including phenoxy) is 1. The molecule has 4 atom stereocenters. The lowest BCUT2D eigenvalue weighted by Crippen LogP contribution is -2.48. The summed E-state index contributed by atoms with van der Waals surface area (Å²) in [6.45, 7) is 5.22. The number of rotatable bonds is 6. The molecule has 0 saturated heterocycles. The van der Waals surface area contributed by atoms with Crippen LogP contribution in [0.3, 0.4) is 0 Å². The molecule has 0 radical (unpaired) electrons. The fraction of sp³-hybridized carbons (Fsp3) is 0.929. The van der Waals surface area contributed by atoms with Gasteiger partial charge in [0.15, 0.2) is 0 Å². The zero-order chi connectivity index (χ0) is 14.3. The molecular formula is C14H28N2O3. The van der Waals surface area contributed by atoms with E-state index in [9.17, 15) is 9.90 Å². The van der Waals surface area contributed by atoms with E-state index in [-0.39, 0.29) is 12.1 Å². The van der Waals surface area contributed by atoms with Crippen molar-refractivity contribution in [2.24, 2.45) is 11.8 Å². The molecule has 4 unspecified atom stereocenters. The minimum absolute atomic E-state index is 0.129. The average Bonchev–Trinajstić information content (AvgIpc) is 2.35. The van der Waals surface area contributed by atoms with E-state index in [4.69, 9.17) is 4.74 Å². The highest BCUT2D eigenvalue weighted by Gasteiger charge is 2.27. The molecule has 0 aromatic carbocycles. The normalized spacial score (nSPS) is 28.7. The summed E-state index contributed by atoms with van der Waals surface area (Å²) in [4.78, 5) is 11.8. The van der Waals surface area contributed by atoms with Crippen LogP contribution in [0.25, 0.3) is 0 Å². The molecule has 5 nitrogen and oxygen atoms in total. The van der Waals surface area contributed by atoms with E-state index in [0.29, 0.717) is 31.4 Å². The van der Waals surface area contributed by atoms with Gasteiger partial charge in [0.25, 0.3) is 0 Å². The molecule has 0 spiro atoms. The third-order valence-electron chi connectivity index (χ3n) is 4.15. The maximum Gasteiger partial charge on any atom is 0.315 e. The highest BCUT2D eigenvalue weighted by atomic mass is 16.5. The predicted octanol–water partition coefficient (Wildman–Crippen LogP) is 1.51. The Bertz CT molecular complexity index is 273. The van der Waals surface area contributed by atoms with Gasteiger partial charge in [0, 0.05) is 19.7 Å². The fourth-order valence-corrected chi connectivity index (χ4v) is 2.63. The van der Waals surface area contributed by atoms with E-state index in [0.717, 1.165) is 6.42 Å². The van der Waals surface area contributed by atoms with Crippen molar-refractivity contribution in [3.05, 3.63) is 0 Å². The first kappa shape index (κ1) is 16.2. The summed E-state index contributed by atoms with van der Waals surface area (Å²) in [5, 5.41) is 15.3. The van der Waals surface area contributed by atoms with Crippen molar-refractivity contribution in [2.75, 3.05) is 20.3 Å². The number of nitrogens with one attached hydrogen (secondary N) is 2. The van der Waals surface area contributed by atoms with Crippen molar-refractivity contribution in [3.63, 3.8) is 0 Å². The average molecular weight is 272 g/mol. The summed E-state index contributed by atoms with van der Waals surface area (Å²) in [7, 11) is 1.55. The van der Waals surface area contributed by atoms with Crippen LogP contribution in [-0.4, -0.2) is 43.5 Å². The smallest absolute Gasteiger partial charge is 0.315 e. The number of hydrogen-bond acceptors (Lipinski definition) is 3. The molecule has 19 heavy (non-hydrogen) atoms. The van der Waals surface area contributed by atoms with Crippen LogP contribution in [0.2, 0.25) is 0 Å². The minimum Gasteiger partial charge on any atom is -0.391 e. The van der Waals surface area contributed by atoms with E-state index in [1.807, 2.05) is 0 Å². The number of carbonyl (C=O) groups excluding carboxylic acids is 1. The van der Waals surface area contributed by atoms with Crippen molar-refractivity contribution in [1.82, 2.24) is 10.6 Å². The van der Waals surface area contributed by atoms with Crippen LogP contribution >= 0.6 is 0 Å².